The number of carbonyl (C=O) groups is 2. The van der Waals surface area contributed by atoms with Crippen molar-refractivity contribution in [1.82, 2.24) is 0 Å². The number of para-hydroxylation sites is 2. The lowest BCUT2D eigenvalue weighted by Gasteiger charge is -2.11. The molecule has 30 heavy (non-hydrogen) atoms. The fraction of sp³-hybridized carbons (Fsp3) is 0.167. The Morgan fingerprint density at radius 1 is 0.733 bits per heavy atom. The van der Waals surface area contributed by atoms with E-state index >= 15 is 0 Å². The number of ether oxygens (including phenoxy) is 4. The molecule has 6 nitrogen and oxygen atoms in total. The maximum Gasteiger partial charge on any atom is 0.349 e. The van der Waals surface area contributed by atoms with Gasteiger partial charge in [0.2, 0.25) is 0 Å². The van der Waals surface area contributed by atoms with Crippen molar-refractivity contribution in [1.29, 1.82) is 0 Å². The largest absolute Gasteiger partial charge is 0.490 e. The Morgan fingerprint density at radius 3 is 2.17 bits per heavy atom. The van der Waals surface area contributed by atoms with E-state index in [-0.39, 0.29) is 31.1 Å². The molecule has 0 aliphatic rings. The second-order valence-corrected chi connectivity index (χ2v) is 6.37. The van der Waals surface area contributed by atoms with Gasteiger partial charge < -0.3 is 18.9 Å². The molecular formula is C24H22O6. The zero-order valence-corrected chi connectivity index (χ0v) is 16.6. The second-order valence-electron chi connectivity index (χ2n) is 6.37. The van der Waals surface area contributed by atoms with Gasteiger partial charge in [0.05, 0.1) is 0 Å². The maximum absolute atomic E-state index is 12.4. The van der Waals surface area contributed by atoms with E-state index < -0.39 is 11.9 Å². The standard InChI is InChI=1S/C24H22O6/c1-18-11-13-20(14-12-18)29-17-23(25)30-22-10-6-5-9-21(22)24(26)28-16-15-27-19-7-3-2-4-8-19/h2-14H,15-17H2,1H3. The van der Waals surface area contributed by atoms with Crippen molar-refractivity contribution >= 4 is 11.9 Å². The van der Waals surface area contributed by atoms with E-state index in [4.69, 9.17) is 18.9 Å². The number of carbonyl (C=O) groups excluding carboxylic acids is 2. The summed E-state index contributed by atoms with van der Waals surface area (Å²) in [4.78, 5) is 24.5. The van der Waals surface area contributed by atoms with E-state index in [2.05, 4.69) is 0 Å². The Morgan fingerprint density at radius 2 is 1.40 bits per heavy atom. The molecule has 0 radical (unpaired) electrons. The number of rotatable bonds is 9. The van der Waals surface area contributed by atoms with Crippen LogP contribution in [0, 0.1) is 6.92 Å². The van der Waals surface area contributed by atoms with Crippen LogP contribution in [-0.4, -0.2) is 31.8 Å². The Bertz CT molecular complexity index is 967. The first-order valence-corrected chi connectivity index (χ1v) is 9.46. The molecule has 0 atom stereocenters. The minimum atomic E-state index is -0.622. The summed E-state index contributed by atoms with van der Waals surface area (Å²) < 4.78 is 21.4. The molecule has 0 N–H and O–H groups in total. The van der Waals surface area contributed by atoms with Crippen molar-refractivity contribution in [2.75, 3.05) is 19.8 Å². The van der Waals surface area contributed by atoms with Crippen molar-refractivity contribution < 1.29 is 28.5 Å². The summed E-state index contributed by atoms with van der Waals surface area (Å²) in [6, 6.07) is 22.9. The molecule has 3 rings (SSSR count). The molecule has 0 fully saturated rings. The van der Waals surface area contributed by atoms with Gasteiger partial charge in [0.15, 0.2) is 6.61 Å². The summed E-state index contributed by atoms with van der Waals surface area (Å²) in [5.74, 6) is 0.141. The molecule has 0 saturated heterocycles. The smallest absolute Gasteiger partial charge is 0.349 e. The molecule has 0 saturated carbocycles. The molecule has 0 aliphatic carbocycles. The third kappa shape index (κ3) is 6.38. The molecule has 0 bridgehead atoms. The number of hydrogen-bond acceptors (Lipinski definition) is 6. The van der Waals surface area contributed by atoms with Crippen LogP contribution in [0.15, 0.2) is 78.9 Å². The minimum absolute atomic E-state index is 0.0620. The fourth-order valence-electron chi connectivity index (χ4n) is 2.54. The van der Waals surface area contributed by atoms with Gasteiger partial charge in [-0.3, -0.25) is 0 Å². The number of aryl methyl sites for hydroxylation is 1. The van der Waals surface area contributed by atoms with Gasteiger partial charge in [-0.2, -0.15) is 0 Å². The van der Waals surface area contributed by atoms with E-state index in [1.165, 1.54) is 12.1 Å². The summed E-state index contributed by atoms with van der Waals surface area (Å²) >= 11 is 0. The third-order valence-corrected chi connectivity index (χ3v) is 4.04. The highest BCUT2D eigenvalue weighted by Crippen LogP contribution is 2.20. The number of benzene rings is 3. The average Bonchev–Trinajstić information content (AvgIpc) is 2.77. The molecule has 154 valence electrons. The molecule has 6 heteroatoms. The van der Waals surface area contributed by atoms with Crippen molar-refractivity contribution in [3.63, 3.8) is 0 Å². The predicted molar refractivity (Wildman–Crippen MR) is 111 cm³/mol. The molecule has 0 unspecified atom stereocenters. The monoisotopic (exact) mass is 406 g/mol. The number of esters is 2. The molecule has 3 aromatic carbocycles. The highest BCUT2D eigenvalue weighted by Gasteiger charge is 2.16. The quantitative estimate of drug-likeness (QED) is 0.301. The summed E-state index contributed by atoms with van der Waals surface area (Å²) in [5, 5.41) is 0. The number of hydrogen-bond donors (Lipinski definition) is 0. The second kappa shape index (κ2) is 10.7. The van der Waals surface area contributed by atoms with E-state index in [0.29, 0.717) is 11.5 Å². The van der Waals surface area contributed by atoms with Gasteiger partial charge in [-0.1, -0.05) is 48.0 Å². The first kappa shape index (κ1) is 20.9. The van der Waals surface area contributed by atoms with Crippen LogP contribution in [0.2, 0.25) is 0 Å². The van der Waals surface area contributed by atoms with E-state index in [0.717, 1.165) is 5.56 Å². The predicted octanol–water partition coefficient (Wildman–Crippen LogP) is 4.22. The van der Waals surface area contributed by atoms with Crippen LogP contribution in [0.25, 0.3) is 0 Å². The van der Waals surface area contributed by atoms with Crippen LogP contribution in [0.3, 0.4) is 0 Å². The fourth-order valence-corrected chi connectivity index (χ4v) is 2.54. The molecule has 0 heterocycles. The van der Waals surface area contributed by atoms with Crippen LogP contribution in [0.4, 0.5) is 0 Å². The SMILES string of the molecule is Cc1ccc(OCC(=O)Oc2ccccc2C(=O)OCCOc2ccccc2)cc1. The first-order chi connectivity index (χ1) is 14.6. The van der Waals surface area contributed by atoms with Crippen LogP contribution in [0.1, 0.15) is 15.9 Å². The Hall–Kier alpha value is -3.80. The molecule has 3 aromatic rings. The zero-order chi connectivity index (χ0) is 21.2. The summed E-state index contributed by atoms with van der Waals surface area (Å²) in [7, 11) is 0. The van der Waals surface area contributed by atoms with Crippen molar-refractivity contribution in [2.45, 2.75) is 6.92 Å². The van der Waals surface area contributed by atoms with Crippen molar-refractivity contribution in [3.8, 4) is 17.2 Å². The lowest BCUT2D eigenvalue weighted by molar-refractivity contribution is -0.136. The summed E-state index contributed by atoms with van der Waals surface area (Å²) in [6.45, 7) is 1.95. The first-order valence-electron chi connectivity index (χ1n) is 9.46. The lowest BCUT2D eigenvalue weighted by Crippen LogP contribution is -2.20. The van der Waals surface area contributed by atoms with Gasteiger partial charge in [-0.25, -0.2) is 9.59 Å². The van der Waals surface area contributed by atoms with Crippen LogP contribution < -0.4 is 14.2 Å². The van der Waals surface area contributed by atoms with Gasteiger partial charge in [0, 0.05) is 0 Å². The van der Waals surface area contributed by atoms with E-state index in [1.807, 2.05) is 49.4 Å². The molecule has 0 amide bonds. The molecular weight excluding hydrogens is 384 g/mol. The Balaban J connectivity index is 1.49. The van der Waals surface area contributed by atoms with Gasteiger partial charge in [0.25, 0.3) is 0 Å². The van der Waals surface area contributed by atoms with Gasteiger partial charge >= 0.3 is 11.9 Å². The summed E-state index contributed by atoms with van der Waals surface area (Å²) in [5.41, 5.74) is 1.24. The van der Waals surface area contributed by atoms with E-state index in [1.54, 1.807) is 24.3 Å². The lowest BCUT2D eigenvalue weighted by atomic mass is 10.2. The van der Waals surface area contributed by atoms with Gasteiger partial charge in [0.1, 0.15) is 36.0 Å². The van der Waals surface area contributed by atoms with Gasteiger partial charge in [-0.05, 0) is 43.3 Å². The highest BCUT2D eigenvalue weighted by molar-refractivity contribution is 5.93. The van der Waals surface area contributed by atoms with E-state index in [9.17, 15) is 9.59 Å². The third-order valence-electron chi connectivity index (χ3n) is 4.04. The molecule has 0 aromatic heterocycles. The highest BCUT2D eigenvalue weighted by atomic mass is 16.6. The average molecular weight is 406 g/mol. The van der Waals surface area contributed by atoms with Crippen LogP contribution in [-0.2, 0) is 9.53 Å². The van der Waals surface area contributed by atoms with Crippen molar-refractivity contribution in [2.24, 2.45) is 0 Å². The Labute approximate surface area is 175 Å². The zero-order valence-electron chi connectivity index (χ0n) is 16.6. The van der Waals surface area contributed by atoms with Gasteiger partial charge in [-0.15, -0.1) is 0 Å². The maximum atomic E-state index is 12.4. The Kier molecular flexibility index (Phi) is 7.44. The van der Waals surface area contributed by atoms with Crippen LogP contribution in [0.5, 0.6) is 17.2 Å². The van der Waals surface area contributed by atoms with Crippen molar-refractivity contribution in [3.05, 3.63) is 90.0 Å². The topological polar surface area (TPSA) is 71.1 Å². The normalized spacial score (nSPS) is 10.2. The van der Waals surface area contributed by atoms with Crippen LogP contribution >= 0.6 is 0 Å². The molecule has 0 spiro atoms. The minimum Gasteiger partial charge on any atom is -0.490 e. The summed E-state index contributed by atoms with van der Waals surface area (Å²) in [6.07, 6.45) is 0. The molecule has 0 aliphatic heterocycles.